The van der Waals surface area contributed by atoms with Crippen LogP contribution in [-0.2, 0) is 0 Å². The lowest BCUT2D eigenvalue weighted by Crippen LogP contribution is -1.97. The quantitative estimate of drug-likeness (QED) is 0.172. The summed E-state index contributed by atoms with van der Waals surface area (Å²) in [5, 5.41) is 39.9. The zero-order valence-corrected chi connectivity index (χ0v) is 26.5. The van der Waals surface area contributed by atoms with E-state index in [-0.39, 0.29) is 11.1 Å². The molecule has 40 heavy (non-hydrogen) atoms. The predicted molar refractivity (Wildman–Crippen MR) is 168 cm³/mol. The smallest absolute Gasteiger partial charge is 0.335 e. The number of carboxylic acids is 2. The van der Waals surface area contributed by atoms with E-state index in [1.807, 2.05) is 12.1 Å². The van der Waals surface area contributed by atoms with Gasteiger partial charge in [-0.15, -0.1) is 0 Å². The number of carboxylic acid groups (broad SMARTS) is 2. The Morgan fingerprint density at radius 1 is 0.525 bits per heavy atom. The average molecular weight is 788 g/mol. The van der Waals surface area contributed by atoms with E-state index >= 15 is 0 Å². The van der Waals surface area contributed by atoms with E-state index in [1.54, 1.807) is 0 Å². The SMILES string of the molecule is N#Cc1c(Br)cc(C(=O)O)cc1Br.N#Cc1c(Br)cc(C(=O)O)cc1Br.c1ccc2cc3ccccc3cc2c1. The predicted octanol–water partition coefficient (Wildman–Crippen LogP) is 9.56. The number of hydrogen-bond donors (Lipinski definition) is 2. The molecule has 0 unspecified atom stereocenters. The highest BCUT2D eigenvalue weighted by Crippen LogP contribution is 2.27. The number of rotatable bonds is 2. The van der Waals surface area contributed by atoms with Crippen LogP contribution in [0, 0.1) is 22.7 Å². The molecule has 0 aliphatic carbocycles. The highest BCUT2D eigenvalue weighted by atomic mass is 79.9. The number of nitrogens with zero attached hydrogens (tertiary/aromatic N) is 2. The lowest BCUT2D eigenvalue weighted by atomic mass is 10.0. The fourth-order valence-electron chi connectivity index (χ4n) is 3.49. The Morgan fingerprint density at radius 2 is 0.775 bits per heavy atom. The van der Waals surface area contributed by atoms with Gasteiger partial charge in [0, 0.05) is 17.9 Å². The number of aromatic carboxylic acids is 2. The van der Waals surface area contributed by atoms with Gasteiger partial charge >= 0.3 is 11.9 Å². The van der Waals surface area contributed by atoms with E-state index < -0.39 is 11.9 Å². The molecular formula is C30H16Br4N2O4. The van der Waals surface area contributed by atoms with Gasteiger partial charge < -0.3 is 10.2 Å². The second kappa shape index (κ2) is 14.2. The molecule has 5 aromatic rings. The molecule has 10 heteroatoms. The Hall–Kier alpha value is -3.54. The number of benzene rings is 5. The van der Waals surface area contributed by atoms with Crippen molar-refractivity contribution in [3.05, 3.63) is 125 Å². The van der Waals surface area contributed by atoms with Crippen LogP contribution in [0.1, 0.15) is 31.8 Å². The van der Waals surface area contributed by atoms with Crippen molar-refractivity contribution >= 4 is 97.2 Å². The molecule has 0 fully saturated rings. The molecule has 0 aliphatic rings. The fraction of sp³-hybridized carbons (Fsp3) is 0. The molecule has 0 aromatic heterocycles. The van der Waals surface area contributed by atoms with Gasteiger partial charge in [0.15, 0.2) is 0 Å². The van der Waals surface area contributed by atoms with Crippen LogP contribution in [0.2, 0.25) is 0 Å². The second-order valence-corrected chi connectivity index (χ2v) is 11.4. The molecule has 0 saturated carbocycles. The molecule has 0 heterocycles. The van der Waals surface area contributed by atoms with Crippen molar-refractivity contribution < 1.29 is 19.8 Å². The van der Waals surface area contributed by atoms with Gasteiger partial charge in [-0.25, -0.2) is 9.59 Å². The summed E-state index contributed by atoms with van der Waals surface area (Å²) in [5.74, 6) is -2.04. The zero-order chi connectivity index (χ0) is 29.4. The van der Waals surface area contributed by atoms with Crippen molar-refractivity contribution in [3.8, 4) is 12.1 Å². The average Bonchev–Trinajstić information content (AvgIpc) is 2.92. The van der Waals surface area contributed by atoms with Crippen LogP contribution >= 0.6 is 63.7 Å². The first-order chi connectivity index (χ1) is 19.0. The maximum atomic E-state index is 10.6. The molecule has 6 nitrogen and oxygen atoms in total. The summed E-state index contributed by atoms with van der Waals surface area (Å²) < 4.78 is 1.90. The zero-order valence-electron chi connectivity index (χ0n) is 20.2. The Morgan fingerprint density at radius 3 is 0.975 bits per heavy atom. The normalized spacial score (nSPS) is 9.85. The molecule has 0 aliphatic heterocycles. The van der Waals surface area contributed by atoms with Gasteiger partial charge in [-0.3, -0.25) is 0 Å². The molecule has 5 aromatic carbocycles. The molecule has 0 spiro atoms. The Labute approximate surface area is 263 Å². The highest BCUT2D eigenvalue weighted by molar-refractivity contribution is 9.11. The Bertz CT molecular complexity index is 1610. The van der Waals surface area contributed by atoms with Gasteiger partial charge in [-0.1, -0.05) is 48.5 Å². The molecule has 0 bridgehead atoms. The van der Waals surface area contributed by atoms with Gasteiger partial charge in [0.25, 0.3) is 0 Å². The molecule has 5 rings (SSSR count). The van der Waals surface area contributed by atoms with E-state index in [2.05, 4.69) is 124 Å². The van der Waals surface area contributed by atoms with Crippen molar-refractivity contribution in [1.29, 1.82) is 10.5 Å². The van der Waals surface area contributed by atoms with Gasteiger partial charge in [0.2, 0.25) is 0 Å². The van der Waals surface area contributed by atoms with Crippen LogP contribution < -0.4 is 0 Å². The fourth-order valence-corrected chi connectivity index (χ4v) is 6.22. The lowest BCUT2D eigenvalue weighted by Gasteiger charge is -2.00. The van der Waals surface area contributed by atoms with Crippen molar-refractivity contribution in [3.63, 3.8) is 0 Å². The number of hydrogen-bond acceptors (Lipinski definition) is 4. The standard InChI is InChI=1S/C14H10.2C8H3Br2NO2/c1-2-6-12-10-14-8-4-3-7-13(14)9-11(12)5-1;2*9-6-1-4(8(12)13)2-7(10)5(6)3-11/h1-10H;2*1-2H,(H,12,13). The highest BCUT2D eigenvalue weighted by Gasteiger charge is 2.11. The van der Waals surface area contributed by atoms with Crippen LogP contribution in [0.15, 0.2) is 103 Å². The van der Waals surface area contributed by atoms with Crippen LogP contribution in [0.5, 0.6) is 0 Å². The summed E-state index contributed by atoms with van der Waals surface area (Å²) in [6.45, 7) is 0. The molecule has 0 atom stereocenters. The van der Waals surface area contributed by atoms with E-state index in [9.17, 15) is 9.59 Å². The molecule has 0 amide bonds. The van der Waals surface area contributed by atoms with Gasteiger partial charge in [-0.2, -0.15) is 10.5 Å². The number of carbonyl (C=O) groups is 2. The van der Waals surface area contributed by atoms with Crippen LogP contribution in [-0.4, -0.2) is 22.2 Å². The molecule has 0 saturated heterocycles. The van der Waals surface area contributed by atoms with Gasteiger partial charge in [0.1, 0.15) is 12.1 Å². The summed E-state index contributed by atoms with van der Waals surface area (Å²) in [6, 6.07) is 30.9. The van der Waals surface area contributed by atoms with Crippen molar-refractivity contribution in [2.75, 3.05) is 0 Å². The minimum Gasteiger partial charge on any atom is -0.478 e. The van der Waals surface area contributed by atoms with E-state index in [4.69, 9.17) is 20.7 Å². The molecular weight excluding hydrogens is 772 g/mol. The number of halogens is 4. The molecule has 2 N–H and O–H groups in total. The van der Waals surface area contributed by atoms with Gasteiger partial charge in [-0.05, 0) is 122 Å². The van der Waals surface area contributed by atoms with Gasteiger partial charge in [0.05, 0.1) is 22.3 Å². The first kappa shape index (κ1) is 31.0. The molecule has 0 radical (unpaired) electrons. The van der Waals surface area contributed by atoms with Crippen molar-refractivity contribution in [2.24, 2.45) is 0 Å². The van der Waals surface area contributed by atoms with Crippen LogP contribution in [0.3, 0.4) is 0 Å². The lowest BCUT2D eigenvalue weighted by molar-refractivity contribution is 0.0686. The summed E-state index contributed by atoms with van der Waals surface area (Å²) in [6.07, 6.45) is 0. The first-order valence-corrected chi connectivity index (χ1v) is 14.3. The van der Waals surface area contributed by atoms with E-state index in [0.29, 0.717) is 29.0 Å². The number of fused-ring (bicyclic) bond motifs is 2. The Balaban J connectivity index is 0.000000166. The summed E-state index contributed by atoms with van der Waals surface area (Å²) in [7, 11) is 0. The second-order valence-electron chi connectivity index (χ2n) is 8.01. The summed E-state index contributed by atoms with van der Waals surface area (Å²) in [4.78, 5) is 21.2. The third-order valence-electron chi connectivity index (χ3n) is 5.42. The minimum absolute atomic E-state index is 0.137. The van der Waals surface area contributed by atoms with Crippen LogP contribution in [0.4, 0.5) is 0 Å². The third kappa shape index (κ3) is 7.77. The third-order valence-corrected chi connectivity index (χ3v) is 7.92. The van der Waals surface area contributed by atoms with Crippen molar-refractivity contribution in [2.45, 2.75) is 0 Å². The number of nitriles is 2. The van der Waals surface area contributed by atoms with Crippen molar-refractivity contribution in [1.82, 2.24) is 0 Å². The maximum Gasteiger partial charge on any atom is 0.335 e. The largest absolute Gasteiger partial charge is 0.478 e. The first-order valence-electron chi connectivity index (χ1n) is 11.2. The van der Waals surface area contributed by atoms with E-state index in [0.717, 1.165) is 0 Å². The maximum absolute atomic E-state index is 10.6. The summed E-state index contributed by atoms with van der Waals surface area (Å²) in [5.41, 5.74) is 1.06. The minimum atomic E-state index is -1.02. The Kier molecular flexibility index (Phi) is 11.0. The van der Waals surface area contributed by atoms with Crippen LogP contribution in [0.25, 0.3) is 21.5 Å². The monoisotopic (exact) mass is 784 g/mol. The van der Waals surface area contributed by atoms with E-state index in [1.165, 1.54) is 45.8 Å². The summed E-state index contributed by atoms with van der Waals surface area (Å²) >= 11 is 12.4. The molecule has 198 valence electrons. The topological polar surface area (TPSA) is 122 Å².